The summed E-state index contributed by atoms with van der Waals surface area (Å²) in [4.78, 5) is 13.2. The first-order valence-electron chi connectivity index (χ1n) is 5.90. The number of thiophene rings is 1. The monoisotopic (exact) mass is 260 g/mol. The minimum Gasteiger partial charge on any atom is -0.398 e. The van der Waals surface area contributed by atoms with Gasteiger partial charge in [0.1, 0.15) is 0 Å². The van der Waals surface area contributed by atoms with Crippen LogP contribution >= 0.6 is 11.3 Å². The molecule has 0 radical (unpaired) electrons. The Morgan fingerprint density at radius 1 is 1.33 bits per heavy atom. The molecule has 0 aliphatic heterocycles. The number of carbonyl (C=O) groups excluding carboxylic acids is 1. The van der Waals surface area contributed by atoms with Crippen LogP contribution in [0.3, 0.4) is 0 Å². The number of hydrogen-bond acceptors (Lipinski definition) is 3. The van der Waals surface area contributed by atoms with Gasteiger partial charge in [0.05, 0.1) is 12.1 Å². The highest BCUT2D eigenvalue weighted by Crippen LogP contribution is 2.17. The summed E-state index contributed by atoms with van der Waals surface area (Å²) in [5, 5.41) is 4.96. The topological polar surface area (TPSA) is 55.1 Å². The van der Waals surface area contributed by atoms with E-state index in [-0.39, 0.29) is 5.91 Å². The van der Waals surface area contributed by atoms with Gasteiger partial charge in [-0.3, -0.25) is 4.79 Å². The van der Waals surface area contributed by atoms with E-state index in [4.69, 9.17) is 5.73 Å². The summed E-state index contributed by atoms with van der Waals surface area (Å²) in [6.07, 6.45) is 0.988. The zero-order chi connectivity index (χ0) is 13.0. The molecule has 0 saturated carbocycles. The van der Waals surface area contributed by atoms with Crippen molar-refractivity contribution in [1.82, 2.24) is 5.32 Å². The van der Waals surface area contributed by atoms with Crippen LogP contribution in [0.15, 0.2) is 35.7 Å². The summed E-state index contributed by atoms with van der Waals surface area (Å²) < 4.78 is 0. The van der Waals surface area contributed by atoms with Crippen molar-refractivity contribution in [2.24, 2.45) is 0 Å². The van der Waals surface area contributed by atoms with E-state index in [1.165, 1.54) is 10.4 Å². The van der Waals surface area contributed by atoms with Crippen LogP contribution < -0.4 is 11.1 Å². The smallest absolute Gasteiger partial charge is 0.253 e. The lowest BCUT2D eigenvalue weighted by Crippen LogP contribution is -2.23. The first kappa shape index (κ1) is 12.6. The average molecular weight is 260 g/mol. The van der Waals surface area contributed by atoms with E-state index in [0.717, 1.165) is 6.42 Å². The van der Waals surface area contributed by atoms with Gasteiger partial charge in [0.2, 0.25) is 0 Å². The second kappa shape index (κ2) is 5.69. The van der Waals surface area contributed by atoms with Crippen molar-refractivity contribution in [2.75, 3.05) is 5.73 Å². The summed E-state index contributed by atoms with van der Waals surface area (Å²) in [6, 6.07) is 9.20. The molecule has 1 aromatic carbocycles. The van der Waals surface area contributed by atoms with Crippen molar-refractivity contribution in [1.29, 1.82) is 0 Å². The highest BCUT2D eigenvalue weighted by molar-refractivity contribution is 7.10. The minimum absolute atomic E-state index is 0.122. The Balaban J connectivity index is 2.03. The third kappa shape index (κ3) is 2.71. The normalized spacial score (nSPS) is 10.3. The van der Waals surface area contributed by atoms with Gasteiger partial charge in [-0.05, 0) is 35.6 Å². The van der Waals surface area contributed by atoms with Crippen LogP contribution in [0.1, 0.15) is 27.7 Å². The van der Waals surface area contributed by atoms with E-state index in [2.05, 4.69) is 23.7 Å². The Bertz CT molecular complexity index is 548. The van der Waals surface area contributed by atoms with E-state index in [1.807, 2.05) is 12.1 Å². The third-order valence-electron chi connectivity index (χ3n) is 2.83. The van der Waals surface area contributed by atoms with Crippen molar-refractivity contribution in [3.05, 3.63) is 51.7 Å². The summed E-state index contributed by atoms with van der Waals surface area (Å²) in [6.45, 7) is 2.68. The molecule has 1 heterocycles. The van der Waals surface area contributed by atoms with Gasteiger partial charge in [0.15, 0.2) is 0 Å². The quantitative estimate of drug-likeness (QED) is 0.831. The summed E-state index contributed by atoms with van der Waals surface area (Å²) in [5.74, 6) is -0.122. The van der Waals surface area contributed by atoms with E-state index in [1.54, 1.807) is 23.5 Å². The first-order valence-corrected chi connectivity index (χ1v) is 6.78. The molecule has 2 rings (SSSR count). The number of benzene rings is 1. The Hall–Kier alpha value is -1.81. The van der Waals surface area contributed by atoms with Crippen molar-refractivity contribution >= 4 is 22.9 Å². The molecule has 0 aliphatic carbocycles. The van der Waals surface area contributed by atoms with E-state index in [0.29, 0.717) is 17.8 Å². The zero-order valence-electron chi connectivity index (χ0n) is 10.3. The molecule has 4 heteroatoms. The van der Waals surface area contributed by atoms with Gasteiger partial charge >= 0.3 is 0 Å². The number of hydrogen-bond donors (Lipinski definition) is 2. The van der Waals surface area contributed by atoms with Gasteiger partial charge in [0, 0.05) is 10.6 Å². The van der Waals surface area contributed by atoms with Gasteiger partial charge in [-0.1, -0.05) is 19.1 Å². The molecule has 0 spiro atoms. The first-order chi connectivity index (χ1) is 8.72. The predicted molar refractivity (Wildman–Crippen MR) is 75.7 cm³/mol. The van der Waals surface area contributed by atoms with Gasteiger partial charge in [-0.25, -0.2) is 0 Å². The second-order valence-corrected chi connectivity index (χ2v) is 4.99. The fourth-order valence-corrected chi connectivity index (χ4v) is 2.71. The molecule has 0 unspecified atom stereocenters. The largest absolute Gasteiger partial charge is 0.398 e. The summed E-state index contributed by atoms with van der Waals surface area (Å²) in [7, 11) is 0. The lowest BCUT2D eigenvalue weighted by atomic mass is 10.1. The standard InChI is InChI=1S/C14H16N2OS/c1-2-10-7-8-18-13(10)9-16-14(17)11-5-3-4-6-12(11)15/h3-8H,2,9,15H2,1H3,(H,16,17). The van der Waals surface area contributed by atoms with Crippen LogP contribution in [0.2, 0.25) is 0 Å². The van der Waals surface area contributed by atoms with Crippen molar-refractivity contribution in [3.63, 3.8) is 0 Å². The molecular formula is C14H16N2OS. The molecule has 3 nitrogen and oxygen atoms in total. The third-order valence-corrected chi connectivity index (χ3v) is 3.80. The number of amides is 1. The van der Waals surface area contributed by atoms with Crippen molar-refractivity contribution in [3.8, 4) is 0 Å². The molecular weight excluding hydrogens is 244 g/mol. The van der Waals surface area contributed by atoms with Crippen molar-refractivity contribution in [2.45, 2.75) is 19.9 Å². The van der Waals surface area contributed by atoms with E-state index >= 15 is 0 Å². The van der Waals surface area contributed by atoms with Gasteiger partial charge in [-0.15, -0.1) is 11.3 Å². The number of nitrogens with two attached hydrogens (primary N) is 1. The van der Waals surface area contributed by atoms with Gasteiger partial charge < -0.3 is 11.1 Å². The van der Waals surface area contributed by atoms with Crippen LogP contribution in [0.25, 0.3) is 0 Å². The maximum atomic E-state index is 12.0. The average Bonchev–Trinajstić information content (AvgIpc) is 2.84. The molecule has 0 bridgehead atoms. The van der Waals surface area contributed by atoms with Gasteiger partial charge in [0.25, 0.3) is 5.91 Å². The highest BCUT2D eigenvalue weighted by Gasteiger charge is 2.09. The molecule has 1 amide bonds. The fraction of sp³-hybridized carbons (Fsp3) is 0.214. The molecule has 0 saturated heterocycles. The zero-order valence-corrected chi connectivity index (χ0v) is 11.1. The number of para-hydroxylation sites is 1. The Morgan fingerprint density at radius 3 is 2.83 bits per heavy atom. The SMILES string of the molecule is CCc1ccsc1CNC(=O)c1ccccc1N. The molecule has 0 fully saturated rings. The molecule has 2 aromatic rings. The van der Waals surface area contributed by atoms with Crippen LogP contribution in [0.5, 0.6) is 0 Å². The molecule has 0 aliphatic rings. The van der Waals surface area contributed by atoms with Crippen LogP contribution in [-0.4, -0.2) is 5.91 Å². The minimum atomic E-state index is -0.122. The van der Waals surface area contributed by atoms with Crippen LogP contribution in [0, 0.1) is 0 Å². The molecule has 1 aromatic heterocycles. The van der Waals surface area contributed by atoms with Crippen LogP contribution in [0.4, 0.5) is 5.69 Å². The second-order valence-electron chi connectivity index (χ2n) is 3.99. The lowest BCUT2D eigenvalue weighted by molar-refractivity contribution is 0.0952. The molecule has 3 N–H and O–H groups in total. The molecule has 0 atom stereocenters. The highest BCUT2D eigenvalue weighted by atomic mass is 32.1. The summed E-state index contributed by atoms with van der Waals surface area (Å²) in [5.41, 5.74) is 8.11. The van der Waals surface area contributed by atoms with E-state index in [9.17, 15) is 4.79 Å². The number of aryl methyl sites for hydroxylation is 1. The van der Waals surface area contributed by atoms with Crippen LogP contribution in [-0.2, 0) is 13.0 Å². The maximum absolute atomic E-state index is 12.0. The summed E-state index contributed by atoms with van der Waals surface area (Å²) >= 11 is 1.67. The molecule has 18 heavy (non-hydrogen) atoms. The molecule has 94 valence electrons. The fourth-order valence-electron chi connectivity index (χ4n) is 1.80. The predicted octanol–water partition coefficient (Wildman–Crippen LogP) is 2.82. The number of anilines is 1. The maximum Gasteiger partial charge on any atom is 0.253 e. The number of nitrogen functional groups attached to an aromatic ring is 1. The van der Waals surface area contributed by atoms with Crippen molar-refractivity contribution < 1.29 is 4.79 Å². The van der Waals surface area contributed by atoms with E-state index < -0.39 is 0 Å². The Labute approximate surface area is 111 Å². The number of carbonyl (C=O) groups is 1. The lowest BCUT2D eigenvalue weighted by Gasteiger charge is -2.07. The number of rotatable bonds is 4. The Morgan fingerprint density at radius 2 is 2.11 bits per heavy atom. The van der Waals surface area contributed by atoms with Gasteiger partial charge in [-0.2, -0.15) is 0 Å². The number of nitrogens with one attached hydrogen (secondary N) is 1. The Kier molecular flexibility index (Phi) is 3.99.